The molecule has 1 aromatic carbocycles. The van der Waals surface area contributed by atoms with E-state index in [9.17, 15) is 9.18 Å². The van der Waals surface area contributed by atoms with Crippen LogP contribution in [0.15, 0.2) is 30.3 Å². The number of carbonyl (C=O) groups excluding carboxylic acids is 1. The Labute approximate surface area is 177 Å². The van der Waals surface area contributed by atoms with E-state index < -0.39 is 0 Å². The van der Waals surface area contributed by atoms with Gasteiger partial charge in [0.1, 0.15) is 11.6 Å². The summed E-state index contributed by atoms with van der Waals surface area (Å²) >= 11 is 0. The Kier molecular flexibility index (Phi) is 7.00. The van der Waals surface area contributed by atoms with Crippen LogP contribution in [0.3, 0.4) is 0 Å². The van der Waals surface area contributed by atoms with Crippen molar-refractivity contribution in [1.29, 1.82) is 0 Å². The maximum Gasteiger partial charge on any atom is 0.234 e. The predicted octanol–water partition coefficient (Wildman–Crippen LogP) is 3.41. The summed E-state index contributed by atoms with van der Waals surface area (Å²) in [6.45, 7) is 2.79. The number of likely N-dealkylation sites (tertiary alicyclic amines) is 1. The highest BCUT2D eigenvalue weighted by Crippen LogP contribution is 2.26. The normalized spacial score (nSPS) is 20.4. The van der Waals surface area contributed by atoms with Gasteiger partial charge in [0.05, 0.1) is 18.8 Å². The minimum atomic E-state index is -0.266. The number of hydrogen-bond acceptors (Lipinski definition) is 4. The second-order valence-corrected chi connectivity index (χ2v) is 8.49. The number of amides is 1. The molecule has 1 aromatic heterocycles. The van der Waals surface area contributed by atoms with Gasteiger partial charge in [-0.3, -0.25) is 14.8 Å². The van der Waals surface area contributed by atoms with Crippen LogP contribution in [-0.2, 0) is 11.2 Å². The van der Waals surface area contributed by atoms with Crippen molar-refractivity contribution in [2.45, 2.75) is 56.9 Å². The Hall–Kier alpha value is -2.41. The molecule has 7 heteroatoms. The van der Waals surface area contributed by atoms with E-state index in [4.69, 9.17) is 4.74 Å². The molecule has 1 saturated carbocycles. The SMILES string of the molecule is O=C(CN1CCC(c2cc(CCOc3ccc(F)cc3)[nH]n2)C1)NC1CCCCC1. The van der Waals surface area contributed by atoms with Crippen LogP contribution in [0.2, 0.25) is 0 Å². The topological polar surface area (TPSA) is 70.2 Å². The number of nitrogens with one attached hydrogen (secondary N) is 2. The van der Waals surface area contributed by atoms with Crippen molar-refractivity contribution >= 4 is 5.91 Å². The minimum absolute atomic E-state index is 0.156. The Bertz CT molecular complexity index is 817. The molecule has 0 spiro atoms. The Balaban J connectivity index is 1.19. The zero-order valence-electron chi connectivity index (χ0n) is 17.4. The van der Waals surface area contributed by atoms with Gasteiger partial charge in [-0.2, -0.15) is 5.10 Å². The summed E-state index contributed by atoms with van der Waals surface area (Å²) in [5.74, 6) is 0.908. The summed E-state index contributed by atoms with van der Waals surface area (Å²) in [6.07, 6.45) is 7.73. The molecule has 2 heterocycles. The predicted molar refractivity (Wildman–Crippen MR) is 113 cm³/mol. The summed E-state index contributed by atoms with van der Waals surface area (Å²) in [5.41, 5.74) is 2.09. The molecule has 0 radical (unpaired) electrons. The van der Waals surface area contributed by atoms with Crippen LogP contribution < -0.4 is 10.1 Å². The lowest BCUT2D eigenvalue weighted by Gasteiger charge is -2.24. The van der Waals surface area contributed by atoms with Gasteiger partial charge in [-0.1, -0.05) is 19.3 Å². The van der Waals surface area contributed by atoms with Crippen LogP contribution in [0.1, 0.15) is 55.8 Å². The molecule has 162 valence electrons. The molecule has 2 fully saturated rings. The molecule has 1 amide bonds. The highest BCUT2D eigenvalue weighted by Gasteiger charge is 2.27. The number of halogens is 1. The van der Waals surface area contributed by atoms with E-state index in [0.29, 0.717) is 37.3 Å². The third kappa shape index (κ3) is 5.81. The maximum atomic E-state index is 12.9. The van der Waals surface area contributed by atoms with Crippen molar-refractivity contribution < 1.29 is 13.9 Å². The monoisotopic (exact) mass is 414 g/mol. The van der Waals surface area contributed by atoms with Crippen LogP contribution >= 0.6 is 0 Å². The Morgan fingerprint density at radius 3 is 2.80 bits per heavy atom. The molecule has 2 aromatic rings. The zero-order chi connectivity index (χ0) is 20.8. The number of carbonyl (C=O) groups is 1. The number of benzene rings is 1. The molecule has 1 saturated heterocycles. The van der Waals surface area contributed by atoms with Crippen LogP contribution in [-0.4, -0.2) is 53.3 Å². The molecule has 30 heavy (non-hydrogen) atoms. The highest BCUT2D eigenvalue weighted by atomic mass is 19.1. The summed E-state index contributed by atoms with van der Waals surface area (Å²) < 4.78 is 18.6. The smallest absolute Gasteiger partial charge is 0.234 e. The molecule has 6 nitrogen and oxygen atoms in total. The number of H-pyrrole nitrogens is 1. The lowest BCUT2D eigenvalue weighted by molar-refractivity contribution is -0.122. The second kappa shape index (κ2) is 10.1. The van der Waals surface area contributed by atoms with Crippen LogP contribution in [0, 0.1) is 5.82 Å². The molecule has 4 rings (SSSR count). The fourth-order valence-corrected chi connectivity index (χ4v) is 4.47. The van der Waals surface area contributed by atoms with Crippen molar-refractivity contribution in [2.75, 3.05) is 26.2 Å². The van der Waals surface area contributed by atoms with Gasteiger partial charge >= 0.3 is 0 Å². The molecule has 1 atom stereocenters. The van der Waals surface area contributed by atoms with Crippen molar-refractivity contribution in [3.8, 4) is 5.75 Å². The lowest BCUT2D eigenvalue weighted by Crippen LogP contribution is -2.42. The summed E-state index contributed by atoms with van der Waals surface area (Å²) in [4.78, 5) is 14.6. The Morgan fingerprint density at radius 1 is 1.20 bits per heavy atom. The van der Waals surface area contributed by atoms with Gasteiger partial charge in [0, 0.05) is 30.6 Å². The molecule has 2 aliphatic rings. The molecule has 0 bridgehead atoms. The molecule has 1 unspecified atom stereocenters. The van der Waals surface area contributed by atoms with Gasteiger partial charge < -0.3 is 10.1 Å². The van der Waals surface area contributed by atoms with E-state index in [1.807, 2.05) is 0 Å². The first kappa shape index (κ1) is 20.8. The second-order valence-electron chi connectivity index (χ2n) is 8.49. The molecular weight excluding hydrogens is 383 g/mol. The van der Waals surface area contributed by atoms with Gasteiger partial charge in [0.25, 0.3) is 0 Å². The molecule has 2 N–H and O–H groups in total. The number of aromatic nitrogens is 2. The van der Waals surface area contributed by atoms with E-state index in [-0.39, 0.29) is 11.7 Å². The van der Waals surface area contributed by atoms with Crippen molar-refractivity contribution in [2.24, 2.45) is 0 Å². The average Bonchev–Trinajstić information content (AvgIpc) is 3.40. The van der Waals surface area contributed by atoms with Gasteiger partial charge in [-0.05, 0) is 56.1 Å². The summed E-state index contributed by atoms with van der Waals surface area (Å²) in [6, 6.07) is 8.52. The zero-order valence-corrected chi connectivity index (χ0v) is 17.4. The van der Waals surface area contributed by atoms with E-state index >= 15 is 0 Å². The van der Waals surface area contributed by atoms with E-state index in [1.54, 1.807) is 12.1 Å². The third-order valence-electron chi connectivity index (χ3n) is 6.13. The van der Waals surface area contributed by atoms with Gasteiger partial charge in [0.2, 0.25) is 5.91 Å². The largest absolute Gasteiger partial charge is 0.493 e. The van der Waals surface area contributed by atoms with Gasteiger partial charge in [-0.25, -0.2) is 4.39 Å². The van der Waals surface area contributed by atoms with E-state index in [0.717, 1.165) is 43.7 Å². The number of nitrogens with zero attached hydrogens (tertiary/aromatic N) is 2. The van der Waals surface area contributed by atoms with Crippen molar-refractivity contribution in [1.82, 2.24) is 20.4 Å². The quantitative estimate of drug-likeness (QED) is 0.695. The minimum Gasteiger partial charge on any atom is -0.493 e. The van der Waals surface area contributed by atoms with Gasteiger partial charge in [0.15, 0.2) is 0 Å². The number of ether oxygens (including phenoxy) is 1. The van der Waals surface area contributed by atoms with Gasteiger partial charge in [-0.15, -0.1) is 0 Å². The average molecular weight is 415 g/mol. The standard InChI is InChI=1S/C23H31FN4O2/c24-18-6-8-21(9-7-18)30-13-11-20-14-22(27-26-20)17-10-12-28(15-17)16-23(29)25-19-4-2-1-3-5-19/h6-9,14,17,19H,1-5,10-13,15-16H2,(H,25,29)(H,26,27). The van der Waals surface area contributed by atoms with Crippen LogP contribution in [0.4, 0.5) is 4.39 Å². The van der Waals surface area contributed by atoms with Crippen molar-refractivity contribution in [3.63, 3.8) is 0 Å². The van der Waals surface area contributed by atoms with E-state index in [2.05, 4.69) is 26.5 Å². The number of rotatable bonds is 8. The summed E-state index contributed by atoms with van der Waals surface area (Å²) in [7, 11) is 0. The highest BCUT2D eigenvalue weighted by molar-refractivity contribution is 5.78. The number of hydrogen-bond donors (Lipinski definition) is 2. The molecule has 1 aliphatic carbocycles. The lowest BCUT2D eigenvalue weighted by atomic mass is 9.95. The van der Waals surface area contributed by atoms with E-state index in [1.165, 1.54) is 31.4 Å². The first-order valence-corrected chi connectivity index (χ1v) is 11.1. The molecular formula is C23H31FN4O2. The first-order valence-electron chi connectivity index (χ1n) is 11.1. The maximum absolute atomic E-state index is 12.9. The Morgan fingerprint density at radius 2 is 2.00 bits per heavy atom. The number of aromatic amines is 1. The van der Waals surface area contributed by atoms with Crippen LogP contribution in [0.5, 0.6) is 5.75 Å². The third-order valence-corrected chi connectivity index (χ3v) is 6.13. The molecule has 1 aliphatic heterocycles. The summed E-state index contributed by atoms with van der Waals surface area (Å²) in [5, 5.41) is 10.8. The fourth-order valence-electron chi connectivity index (χ4n) is 4.47. The first-order chi connectivity index (χ1) is 14.7. The van der Waals surface area contributed by atoms with Crippen molar-refractivity contribution in [3.05, 3.63) is 47.5 Å². The van der Waals surface area contributed by atoms with Crippen LogP contribution in [0.25, 0.3) is 0 Å². The fraction of sp³-hybridized carbons (Fsp3) is 0.565.